The first-order valence-electron chi connectivity index (χ1n) is 9.82. The third-order valence-electron chi connectivity index (χ3n) is 6.41. The van der Waals surface area contributed by atoms with E-state index in [2.05, 4.69) is 42.6 Å². The van der Waals surface area contributed by atoms with E-state index in [0.29, 0.717) is 6.67 Å². The molecule has 1 unspecified atom stereocenters. The van der Waals surface area contributed by atoms with Gasteiger partial charge in [-0.2, -0.15) is 0 Å². The largest absolute Gasteiger partial charge is 0.329 e. The third-order valence-corrected chi connectivity index (χ3v) is 6.41. The highest BCUT2D eigenvalue weighted by atomic mass is 16.2. The molecular formula is C21H28N3O2+. The minimum Gasteiger partial charge on any atom is -0.323 e. The number of carbonyl (C=O) groups excluding carboxylic acids is 2. The van der Waals surface area contributed by atoms with Crippen LogP contribution in [0.25, 0.3) is 5.57 Å². The monoisotopic (exact) mass is 354 g/mol. The Balaban J connectivity index is 1.43. The van der Waals surface area contributed by atoms with E-state index in [0.717, 1.165) is 45.2 Å². The van der Waals surface area contributed by atoms with Gasteiger partial charge in [-0.15, -0.1) is 0 Å². The number of benzene rings is 1. The fourth-order valence-electron chi connectivity index (χ4n) is 4.70. The van der Waals surface area contributed by atoms with Crippen LogP contribution >= 0.6 is 0 Å². The van der Waals surface area contributed by atoms with E-state index in [-0.39, 0.29) is 17.9 Å². The molecule has 3 atom stereocenters. The van der Waals surface area contributed by atoms with Crippen molar-refractivity contribution in [3.8, 4) is 0 Å². The van der Waals surface area contributed by atoms with Crippen molar-refractivity contribution in [2.45, 2.75) is 44.6 Å². The molecule has 1 saturated carbocycles. The van der Waals surface area contributed by atoms with Crippen LogP contribution in [0.1, 0.15) is 44.6 Å². The predicted molar refractivity (Wildman–Crippen MR) is 100 cm³/mol. The highest BCUT2D eigenvalue weighted by molar-refractivity contribution is 6.07. The van der Waals surface area contributed by atoms with Crippen molar-refractivity contribution < 1.29 is 14.5 Å². The molecule has 1 aliphatic carbocycles. The smallest absolute Gasteiger partial charge is 0.323 e. The Morgan fingerprint density at radius 1 is 1.23 bits per heavy atom. The lowest BCUT2D eigenvalue weighted by molar-refractivity contribution is -0.902. The van der Waals surface area contributed by atoms with Crippen LogP contribution in [0.4, 0.5) is 4.79 Å². The highest BCUT2D eigenvalue weighted by Crippen LogP contribution is 2.37. The van der Waals surface area contributed by atoms with Crippen molar-refractivity contribution in [3.05, 3.63) is 42.0 Å². The summed E-state index contributed by atoms with van der Waals surface area (Å²) in [4.78, 5) is 28.3. The molecule has 4 rings (SSSR count). The Kier molecular flexibility index (Phi) is 4.57. The van der Waals surface area contributed by atoms with Gasteiger partial charge in [0.05, 0.1) is 13.1 Å². The molecule has 2 heterocycles. The summed E-state index contributed by atoms with van der Waals surface area (Å²) in [7, 11) is 0. The first kappa shape index (κ1) is 17.3. The van der Waals surface area contributed by atoms with Crippen molar-refractivity contribution in [1.82, 2.24) is 10.2 Å². The number of nitrogens with zero attached hydrogens (tertiary/aromatic N) is 1. The van der Waals surface area contributed by atoms with Gasteiger partial charge in [0.1, 0.15) is 5.54 Å². The van der Waals surface area contributed by atoms with Crippen molar-refractivity contribution >= 4 is 17.5 Å². The first-order chi connectivity index (χ1) is 12.6. The SMILES string of the molecule is C[C@H]1CCCC[C@]12NC(=O)N(C[NH+]1CC=C(c3ccccc3)CC1)C2=O. The number of quaternary nitrogens is 1. The van der Waals surface area contributed by atoms with E-state index in [1.165, 1.54) is 20.9 Å². The van der Waals surface area contributed by atoms with Crippen LogP contribution in [0.2, 0.25) is 0 Å². The van der Waals surface area contributed by atoms with E-state index in [9.17, 15) is 9.59 Å². The van der Waals surface area contributed by atoms with E-state index in [1.54, 1.807) is 0 Å². The van der Waals surface area contributed by atoms with Gasteiger partial charge >= 0.3 is 6.03 Å². The lowest BCUT2D eigenvalue weighted by Gasteiger charge is -2.37. The molecular weight excluding hydrogens is 326 g/mol. The molecule has 1 aromatic rings. The maximum absolute atomic E-state index is 13.1. The maximum Gasteiger partial charge on any atom is 0.329 e. The average molecular weight is 354 g/mol. The molecule has 138 valence electrons. The molecule has 0 radical (unpaired) electrons. The first-order valence-corrected chi connectivity index (χ1v) is 9.82. The topological polar surface area (TPSA) is 53.9 Å². The molecule has 2 N–H and O–H groups in total. The molecule has 26 heavy (non-hydrogen) atoms. The molecule has 0 bridgehead atoms. The summed E-state index contributed by atoms with van der Waals surface area (Å²) in [6.07, 6.45) is 7.19. The molecule has 1 saturated heterocycles. The standard InChI is InChI=1S/C21H27N3O2/c1-16-7-5-6-12-21(16)19(25)24(20(26)22-21)15-23-13-10-18(11-14-23)17-8-3-2-4-9-17/h2-4,8-10,16H,5-7,11-15H2,1H3,(H,22,26)/p+1/t16-,21-/m0/s1. The number of nitrogens with one attached hydrogen (secondary N) is 2. The Morgan fingerprint density at radius 3 is 2.73 bits per heavy atom. The van der Waals surface area contributed by atoms with E-state index < -0.39 is 5.54 Å². The third kappa shape index (κ3) is 2.94. The van der Waals surface area contributed by atoms with Gasteiger partial charge in [-0.1, -0.05) is 50.1 Å². The van der Waals surface area contributed by atoms with Gasteiger partial charge in [0.15, 0.2) is 6.67 Å². The van der Waals surface area contributed by atoms with Crippen LogP contribution in [0.3, 0.4) is 0 Å². The summed E-state index contributed by atoms with van der Waals surface area (Å²) < 4.78 is 0. The van der Waals surface area contributed by atoms with Gasteiger partial charge in [0, 0.05) is 6.42 Å². The van der Waals surface area contributed by atoms with E-state index in [4.69, 9.17) is 0 Å². The van der Waals surface area contributed by atoms with Crippen LogP contribution in [0.5, 0.6) is 0 Å². The second-order valence-electron chi connectivity index (χ2n) is 7.99. The Labute approximate surface area is 155 Å². The minimum atomic E-state index is -0.643. The summed E-state index contributed by atoms with van der Waals surface area (Å²) in [5.41, 5.74) is 2.00. The Morgan fingerprint density at radius 2 is 2.04 bits per heavy atom. The number of carbonyl (C=O) groups is 2. The quantitative estimate of drug-likeness (QED) is 0.814. The zero-order valence-corrected chi connectivity index (χ0v) is 15.5. The lowest BCUT2D eigenvalue weighted by Crippen LogP contribution is -3.14. The second-order valence-corrected chi connectivity index (χ2v) is 7.99. The number of hydrogen-bond acceptors (Lipinski definition) is 2. The fourth-order valence-corrected chi connectivity index (χ4v) is 4.70. The number of rotatable bonds is 3. The summed E-state index contributed by atoms with van der Waals surface area (Å²) in [5, 5.41) is 3.05. The summed E-state index contributed by atoms with van der Waals surface area (Å²) in [6, 6.07) is 10.2. The summed E-state index contributed by atoms with van der Waals surface area (Å²) >= 11 is 0. The number of urea groups is 1. The van der Waals surface area contributed by atoms with Gasteiger partial charge in [-0.05, 0) is 36.0 Å². The number of imide groups is 1. The molecule has 2 aliphatic heterocycles. The molecule has 1 aromatic carbocycles. The molecule has 2 fully saturated rings. The van der Waals surface area contributed by atoms with Crippen LogP contribution in [-0.2, 0) is 4.79 Å². The Hall–Kier alpha value is -2.14. The highest BCUT2D eigenvalue weighted by Gasteiger charge is 2.55. The normalized spacial score (nSPS) is 31.9. The minimum absolute atomic E-state index is 0.0000332. The summed E-state index contributed by atoms with van der Waals surface area (Å²) in [6.45, 7) is 4.37. The van der Waals surface area contributed by atoms with Crippen molar-refractivity contribution in [2.24, 2.45) is 5.92 Å². The number of amides is 3. The van der Waals surface area contributed by atoms with Crippen molar-refractivity contribution in [3.63, 3.8) is 0 Å². The van der Waals surface area contributed by atoms with Gasteiger partial charge in [0.25, 0.3) is 5.91 Å². The zero-order chi connectivity index (χ0) is 18.1. The van der Waals surface area contributed by atoms with Crippen LogP contribution in [0, 0.1) is 5.92 Å². The van der Waals surface area contributed by atoms with Gasteiger partial charge in [-0.3, -0.25) is 4.79 Å². The molecule has 3 aliphatic rings. The molecule has 0 aromatic heterocycles. The molecule has 1 spiro atoms. The van der Waals surface area contributed by atoms with Crippen LogP contribution in [-0.4, -0.2) is 42.1 Å². The maximum atomic E-state index is 13.1. The van der Waals surface area contributed by atoms with Crippen molar-refractivity contribution in [1.29, 1.82) is 0 Å². The second kappa shape index (κ2) is 6.88. The van der Waals surface area contributed by atoms with E-state index >= 15 is 0 Å². The van der Waals surface area contributed by atoms with Gasteiger partial charge in [-0.25, -0.2) is 9.69 Å². The van der Waals surface area contributed by atoms with Gasteiger partial charge < -0.3 is 10.2 Å². The predicted octanol–water partition coefficient (Wildman–Crippen LogP) is 1.82. The molecule has 5 heteroatoms. The Bertz CT molecular complexity index is 730. The molecule has 3 amide bonds. The number of hydrogen-bond donors (Lipinski definition) is 2. The summed E-state index contributed by atoms with van der Waals surface area (Å²) in [5.74, 6) is 0.221. The fraction of sp³-hybridized carbons (Fsp3) is 0.524. The average Bonchev–Trinajstić information content (AvgIpc) is 2.90. The zero-order valence-electron chi connectivity index (χ0n) is 15.5. The van der Waals surface area contributed by atoms with Crippen LogP contribution < -0.4 is 10.2 Å². The lowest BCUT2D eigenvalue weighted by atomic mass is 9.73. The van der Waals surface area contributed by atoms with Crippen LogP contribution in [0.15, 0.2) is 36.4 Å². The van der Waals surface area contributed by atoms with Gasteiger partial charge in [0.2, 0.25) is 0 Å². The van der Waals surface area contributed by atoms with Crippen molar-refractivity contribution in [2.75, 3.05) is 19.8 Å². The van der Waals surface area contributed by atoms with E-state index in [1.807, 2.05) is 6.07 Å². The molecule has 5 nitrogen and oxygen atoms in total.